The molecule has 1 saturated carbocycles. The standard InChI is InChI=1S/C18H26N2O6/c1-24-13-8-15(25-2)14(16(9-13)26-3)10-19-18(23)20-12-6-4-11(5-7-12)17(21)22/h8-9,11-12H,4-7,10H2,1-3H3,(H,21,22)(H2,19,20,23). The highest BCUT2D eigenvalue weighted by Crippen LogP contribution is 2.33. The smallest absolute Gasteiger partial charge is 0.315 e. The van der Waals surface area contributed by atoms with Gasteiger partial charge in [0.1, 0.15) is 17.2 Å². The summed E-state index contributed by atoms with van der Waals surface area (Å²) in [6.45, 7) is 0.229. The van der Waals surface area contributed by atoms with Gasteiger partial charge in [-0.1, -0.05) is 0 Å². The van der Waals surface area contributed by atoms with Crippen LogP contribution >= 0.6 is 0 Å². The molecule has 0 unspecified atom stereocenters. The van der Waals surface area contributed by atoms with Crippen molar-refractivity contribution in [1.29, 1.82) is 0 Å². The molecule has 1 fully saturated rings. The Morgan fingerprint density at radius 2 is 1.62 bits per heavy atom. The van der Waals surface area contributed by atoms with Crippen LogP contribution in [-0.4, -0.2) is 44.5 Å². The lowest BCUT2D eigenvalue weighted by molar-refractivity contribution is -0.142. The monoisotopic (exact) mass is 366 g/mol. The highest BCUT2D eigenvalue weighted by molar-refractivity contribution is 5.74. The van der Waals surface area contributed by atoms with Crippen LogP contribution in [0.25, 0.3) is 0 Å². The van der Waals surface area contributed by atoms with E-state index in [-0.39, 0.29) is 24.5 Å². The first-order valence-electron chi connectivity index (χ1n) is 8.54. The lowest BCUT2D eigenvalue weighted by atomic mass is 9.86. The number of nitrogens with one attached hydrogen (secondary N) is 2. The third-order valence-corrected chi connectivity index (χ3v) is 4.65. The Balaban J connectivity index is 1.92. The van der Waals surface area contributed by atoms with Crippen LogP contribution in [0.4, 0.5) is 4.79 Å². The zero-order valence-corrected chi connectivity index (χ0v) is 15.3. The highest BCUT2D eigenvalue weighted by atomic mass is 16.5. The van der Waals surface area contributed by atoms with Crippen LogP contribution in [-0.2, 0) is 11.3 Å². The highest BCUT2D eigenvalue weighted by Gasteiger charge is 2.26. The van der Waals surface area contributed by atoms with Crippen molar-refractivity contribution in [2.75, 3.05) is 21.3 Å². The Hall–Kier alpha value is -2.64. The van der Waals surface area contributed by atoms with Crippen LogP contribution in [0.3, 0.4) is 0 Å². The van der Waals surface area contributed by atoms with Crippen molar-refractivity contribution in [3.05, 3.63) is 17.7 Å². The van der Waals surface area contributed by atoms with Gasteiger partial charge in [0.15, 0.2) is 0 Å². The number of carbonyl (C=O) groups excluding carboxylic acids is 1. The molecule has 144 valence electrons. The summed E-state index contributed by atoms with van der Waals surface area (Å²) in [4.78, 5) is 23.2. The Labute approximate surface area is 152 Å². The Bertz CT molecular complexity index is 616. The van der Waals surface area contributed by atoms with E-state index in [2.05, 4.69) is 10.6 Å². The van der Waals surface area contributed by atoms with Crippen molar-refractivity contribution in [2.24, 2.45) is 5.92 Å². The topological polar surface area (TPSA) is 106 Å². The number of carboxylic acid groups (broad SMARTS) is 1. The molecule has 0 saturated heterocycles. The SMILES string of the molecule is COc1cc(OC)c(CNC(=O)NC2CCC(C(=O)O)CC2)c(OC)c1. The van der Waals surface area contributed by atoms with Gasteiger partial charge in [0.25, 0.3) is 0 Å². The van der Waals surface area contributed by atoms with E-state index < -0.39 is 5.97 Å². The van der Waals surface area contributed by atoms with Gasteiger partial charge in [0, 0.05) is 18.2 Å². The van der Waals surface area contributed by atoms with Crippen LogP contribution in [0, 0.1) is 5.92 Å². The Kier molecular flexibility index (Phi) is 6.94. The summed E-state index contributed by atoms with van der Waals surface area (Å²) in [6.07, 6.45) is 2.50. The number of hydrogen-bond donors (Lipinski definition) is 3. The normalized spacial score (nSPS) is 19.3. The van der Waals surface area contributed by atoms with E-state index in [1.807, 2.05) is 0 Å². The Morgan fingerprint density at radius 3 is 2.08 bits per heavy atom. The molecule has 2 rings (SSSR count). The summed E-state index contributed by atoms with van der Waals surface area (Å²) < 4.78 is 15.9. The second-order valence-corrected chi connectivity index (χ2v) is 6.22. The van der Waals surface area contributed by atoms with E-state index in [0.717, 1.165) is 0 Å². The minimum Gasteiger partial charge on any atom is -0.496 e. The summed E-state index contributed by atoms with van der Waals surface area (Å²) >= 11 is 0. The van der Waals surface area contributed by atoms with Gasteiger partial charge in [-0.3, -0.25) is 4.79 Å². The molecular formula is C18H26N2O6. The quantitative estimate of drug-likeness (QED) is 0.683. The molecular weight excluding hydrogens is 340 g/mol. The lowest BCUT2D eigenvalue weighted by Crippen LogP contribution is -2.43. The van der Waals surface area contributed by atoms with Crippen LogP contribution in [0.1, 0.15) is 31.2 Å². The molecule has 2 amide bonds. The largest absolute Gasteiger partial charge is 0.496 e. The van der Waals surface area contributed by atoms with Crippen molar-refractivity contribution in [1.82, 2.24) is 10.6 Å². The number of hydrogen-bond acceptors (Lipinski definition) is 5. The van der Waals surface area contributed by atoms with Gasteiger partial charge < -0.3 is 30.0 Å². The zero-order valence-electron chi connectivity index (χ0n) is 15.3. The molecule has 0 radical (unpaired) electrons. The van der Waals surface area contributed by atoms with Gasteiger partial charge in [0.2, 0.25) is 0 Å². The molecule has 0 aliphatic heterocycles. The number of amides is 2. The molecule has 8 nitrogen and oxygen atoms in total. The zero-order chi connectivity index (χ0) is 19.1. The summed E-state index contributed by atoms with van der Waals surface area (Å²) in [6, 6.07) is 3.14. The maximum Gasteiger partial charge on any atom is 0.315 e. The molecule has 1 aliphatic carbocycles. The number of ether oxygens (including phenoxy) is 3. The molecule has 26 heavy (non-hydrogen) atoms. The van der Waals surface area contributed by atoms with Gasteiger partial charge in [0.05, 0.1) is 39.4 Å². The van der Waals surface area contributed by atoms with E-state index >= 15 is 0 Å². The van der Waals surface area contributed by atoms with E-state index in [1.165, 1.54) is 0 Å². The number of carbonyl (C=O) groups is 2. The fourth-order valence-corrected chi connectivity index (χ4v) is 3.14. The molecule has 0 aromatic heterocycles. The van der Waals surface area contributed by atoms with E-state index in [0.29, 0.717) is 48.5 Å². The van der Waals surface area contributed by atoms with Crippen molar-refractivity contribution >= 4 is 12.0 Å². The van der Waals surface area contributed by atoms with Crippen molar-refractivity contribution < 1.29 is 28.9 Å². The van der Waals surface area contributed by atoms with Crippen molar-refractivity contribution in [3.63, 3.8) is 0 Å². The fourth-order valence-electron chi connectivity index (χ4n) is 3.14. The summed E-state index contributed by atoms with van der Waals surface area (Å²) in [5, 5.41) is 14.7. The maximum atomic E-state index is 12.2. The van der Waals surface area contributed by atoms with Gasteiger partial charge in [-0.2, -0.15) is 0 Å². The predicted molar refractivity (Wildman–Crippen MR) is 94.9 cm³/mol. The lowest BCUT2D eigenvalue weighted by Gasteiger charge is -2.27. The van der Waals surface area contributed by atoms with Crippen LogP contribution in [0.15, 0.2) is 12.1 Å². The predicted octanol–water partition coefficient (Wildman–Crippen LogP) is 2.15. The van der Waals surface area contributed by atoms with Crippen LogP contribution in [0.2, 0.25) is 0 Å². The second kappa shape index (κ2) is 9.17. The fraction of sp³-hybridized carbons (Fsp3) is 0.556. The summed E-state index contributed by atoms with van der Waals surface area (Å²) in [7, 11) is 4.63. The second-order valence-electron chi connectivity index (χ2n) is 6.22. The average Bonchev–Trinajstić information content (AvgIpc) is 2.65. The molecule has 0 atom stereocenters. The van der Waals surface area contributed by atoms with Gasteiger partial charge in [-0.05, 0) is 25.7 Å². The number of carboxylic acids is 1. The molecule has 1 aliphatic rings. The summed E-state index contributed by atoms with van der Waals surface area (Å²) in [5.41, 5.74) is 0.709. The molecule has 1 aromatic rings. The molecule has 1 aromatic carbocycles. The van der Waals surface area contributed by atoms with Crippen LogP contribution in [0.5, 0.6) is 17.2 Å². The average molecular weight is 366 g/mol. The van der Waals surface area contributed by atoms with Gasteiger partial charge in [-0.25, -0.2) is 4.79 Å². The van der Waals surface area contributed by atoms with E-state index in [1.54, 1.807) is 33.5 Å². The number of aliphatic carboxylic acids is 1. The number of rotatable bonds is 7. The molecule has 3 N–H and O–H groups in total. The van der Waals surface area contributed by atoms with Gasteiger partial charge in [-0.15, -0.1) is 0 Å². The molecule has 0 bridgehead atoms. The van der Waals surface area contributed by atoms with E-state index in [4.69, 9.17) is 19.3 Å². The number of methoxy groups -OCH3 is 3. The first-order valence-corrected chi connectivity index (χ1v) is 8.54. The van der Waals surface area contributed by atoms with Crippen molar-refractivity contribution in [3.8, 4) is 17.2 Å². The summed E-state index contributed by atoms with van der Waals surface area (Å²) in [5.74, 6) is 0.657. The third kappa shape index (κ3) is 4.93. The molecule has 0 spiro atoms. The van der Waals surface area contributed by atoms with E-state index in [9.17, 15) is 9.59 Å². The third-order valence-electron chi connectivity index (χ3n) is 4.65. The first-order chi connectivity index (χ1) is 12.5. The number of benzene rings is 1. The minimum atomic E-state index is -0.758. The van der Waals surface area contributed by atoms with Crippen molar-refractivity contribution in [2.45, 2.75) is 38.3 Å². The molecule has 0 heterocycles. The van der Waals surface area contributed by atoms with Gasteiger partial charge >= 0.3 is 12.0 Å². The molecule has 8 heteroatoms. The first kappa shape index (κ1) is 19.7. The number of urea groups is 1. The Morgan fingerprint density at radius 1 is 1.04 bits per heavy atom. The maximum absolute atomic E-state index is 12.2. The van der Waals surface area contributed by atoms with Crippen LogP contribution < -0.4 is 24.8 Å². The minimum absolute atomic E-state index is 0.00902.